The minimum absolute atomic E-state index is 0.222. The van der Waals surface area contributed by atoms with Gasteiger partial charge in [0.05, 0.1) is 27.7 Å². The zero-order chi connectivity index (χ0) is 23.1. The van der Waals surface area contributed by atoms with Gasteiger partial charge in [-0.2, -0.15) is 0 Å². The maximum Gasteiger partial charge on any atom is 0.266 e. The van der Waals surface area contributed by atoms with E-state index in [1.54, 1.807) is 79.7 Å². The highest BCUT2D eigenvalue weighted by atomic mass is 16.2. The van der Waals surface area contributed by atoms with Gasteiger partial charge in [0.15, 0.2) is 0 Å². The number of nitrogens with one attached hydrogen (secondary N) is 1. The molecule has 0 radical (unpaired) electrons. The quantitative estimate of drug-likeness (QED) is 0.493. The van der Waals surface area contributed by atoms with Crippen LogP contribution in [-0.2, 0) is 11.3 Å². The first-order valence-electron chi connectivity index (χ1n) is 10.3. The maximum atomic E-state index is 12.8. The molecule has 4 aromatic rings. The Labute approximate surface area is 188 Å². The average Bonchev–Trinajstić information content (AvgIpc) is 3.07. The zero-order valence-corrected chi connectivity index (χ0v) is 17.6. The van der Waals surface area contributed by atoms with Gasteiger partial charge in [-0.1, -0.05) is 30.3 Å². The highest BCUT2D eigenvalue weighted by Crippen LogP contribution is 2.29. The molecule has 0 atom stereocenters. The topological polar surface area (TPSA) is 101 Å². The summed E-state index contributed by atoms with van der Waals surface area (Å²) in [5.74, 6) is -0.836. The number of aromatic nitrogens is 2. The molecule has 2 heterocycles. The van der Waals surface area contributed by atoms with Crippen LogP contribution < -0.4 is 15.8 Å². The molecule has 1 aliphatic rings. The summed E-state index contributed by atoms with van der Waals surface area (Å²) < 4.78 is 1.31. The number of nitrogens with zero attached hydrogens (tertiary/aromatic N) is 3. The van der Waals surface area contributed by atoms with Gasteiger partial charge < -0.3 is 5.32 Å². The molecule has 0 fully saturated rings. The van der Waals surface area contributed by atoms with E-state index in [2.05, 4.69) is 10.3 Å². The lowest BCUT2D eigenvalue weighted by molar-refractivity contribution is -0.116. The van der Waals surface area contributed by atoms with E-state index in [1.165, 1.54) is 4.57 Å². The van der Waals surface area contributed by atoms with E-state index in [1.807, 2.05) is 0 Å². The van der Waals surface area contributed by atoms with Crippen LogP contribution in [0.15, 0.2) is 77.6 Å². The fraction of sp³-hybridized carbons (Fsp3) is 0.0800. The number of carbonyl (C=O) groups is 3. The number of carbonyl (C=O) groups excluding carboxylic acids is 3. The second-order valence-corrected chi connectivity index (χ2v) is 7.66. The molecule has 1 aromatic heterocycles. The largest absolute Gasteiger partial charge is 0.324 e. The average molecular weight is 438 g/mol. The van der Waals surface area contributed by atoms with E-state index in [0.29, 0.717) is 39.2 Å². The number of aryl methyl sites for hydroxylation is 1. The van der Waals surface area contributed by atoms with Crippen molar-refractivity contribution < 1.29 is 14.4 Å². The summed E-state index contributed by atoms with van der Waals surface area (Å²) in [5, 5.41) is 3.17. The summed E-state index contributed by atoms with van der Waals surface area (Å²) in [4.78, 5) is 56.5. The fourth-order valence-corrected chi connectivity index (χ4v) is 3.96. The molecule has 33 heavy (non-hydrogen) atoms. The van der Waals surface area contributed by atoms with Gasteiger partial charge >= 0.3 is 0 Å². The van der Waals surface area contributed by atoms with Crippen LogP contribution in [0.3, 0.4) is 0 Å². The second-order valence-electron chi connectivity index (χ2n) is 7.66. The molecular weight excluding hydrogens is 420 g/mol. The summed E-state index contributed by atoms with van der Waals surface area (Å²) in [6.07, 6.45) is 0. The van der Waals surface area contributed by atoms with Gasteiger partial charge in [0.1, 0.15) is 12.4 Å². The molecule has 1 N–H and O–H groups in total. The number of anilines is 2. The lowest BCUT2D eigenvalue weighted by Gasteiger charge is -2.16. The highest BCUT2D eigenvalue weighted by molar-refractivity contribution is 6.34. The number of hydrogen-bond donors (Lipinski definition) is 1. The SMILES string of the molecule is Cc1nc2ccccc2c(=O)n1CC(=O)Nc1cccc(N2C(=O)c3ccccc3C2=O)c1. The van der Waals surface area contributed by atoms with Gasteiger partial charge in [-0.25, -0.2) is 9.88 Å². The Balaban J connectivity index is 1.39. The molecule has 0 aliphatic carbocycles. The van der Waals surface area contributed by atoms with Gasteiger partial charge in [-0.3, -0.25) is 23.7 Å². The molecule has 3 amide bonds. The summed E-state index contributed by atoms with van der Waals surface area (Å²) in [6, 6.07) is 20.1. The van der Waals surface area contributed by atoms with Crippen LogP contribution in [0.2, 0.25) is 0 Å². The van der Waals surface area contributed by atoms with Crippen LogP contribution in [0.1, 0.15) is 26.5 Å². The van der Waals surface area contributed by atoms with Crippen LogP contribution in [0.25, 0.3) is 10.9 Å². The van der Waals surface area contributed by atoms with Gasteiger partial charge in [-0.05, 0) is 49.4 Å². The molecule has 0 unspecified atom stereocenters. The van der Waals surface area contributed by atoms with E-state index in [-0.39, 0.29) is 12.1 Å². The van der Waals surface area contributed by atoms with Crippen LogP contribution in [0.4, 0.5) is 11.4 Å². The molecule has 5 rings (SSSR count). The number of hydrogen-bond acceptors (Lipinski definition) is 5. The molecule has 0 saturated heterocycles. The van der Waals surface area contributed by atoms with E-state index < -0.39 is 17.7 Å². The zero-order valence-electron chi connectivity index (χ0n) is 17.6. The van der Waals surface area contributed by atoms with E-state index >= 15 is 0 Å². The van der Waals surface area contributed by atoms with Gasteiger partial charge in [0, 0.05) is 5.69 Å². The van der Waals surface area contributed by atoms with Crippen LogP contribution in [-0.4, -0.2) is 27.3 Å². The minimum atomic E-state index is -0.434. The number of rotatable bonds is 4. The van der Waals surface area contributed by atoms with Crippen molar-refractivity contribution in [2.75, 3.05) is 10.2 Å². The molecule has 0 bridgehead atoms. The molecule has 8 heteroatoms. The number of para-hydroxylation sites is 1. The third-order valence-electron chi connectivity index (χ3n) is 5.54. The third-order valence-corrected chi connectivity index (χ3v) is 5.54. The molecule has 1 aliphatic heterocycles. The molecule has 0 saturated carbocycles. The molecular formula is C25H18N4O4. The van der Waals surface area contributed by atoms with E-state index in [9.17, 15) is 19.2 Å². The Kier molecular flexibility index (Phi) is 4.82. The summed E-state index contributed by atoms with van der Waals surface area (Å²) in [6.45, 7) is 1.45. The summed E-state index contributed by atoms with van der Waals surface area (Å²) in [7, 11) is 0. The number of imide groups is 1. The second kappa shape index (κ2) is 7.83. The lowest BCUT2D eigenvalue weighted by atomic mass is 10.1. The first kappa shape index (κ1) is 20.3. The Bertz CT molecular complexity index is 1490. The van der Waals surface area contributed by atoms with Crippen molar-refractivity contribution in [2.45, 2.75) is 13.5 Å². The predicted octanol–water partition coefficient (Wildman–Crippen LogP) is 3.14. The van der Waals surface area contributed by atoms with E-state index in [0.717, 1.165) is 4.90 Å². The molecule has 0 spiro atoms. The van der Waals surface area contributed by atoms with Gasteiger partial charge in [0.25, 0.3) is 17.4 Å². The minimum Gasteiger partial charge on any atom is -0.324 e. The van der Waals surface area contributed by atoms with Crippen molar-refractivity contribution in [3.8, 4) is 0 Å². The standard InChI is InChI=1S/C25H18N4O4/c1-15-26-21-12-5-4-11-20(21)23(31)28(15)14-22(30)27-16-7-6-8-17(13-16)29-24(32)18-9-2-3-10-19(18)25(29)33/h2-13H,14H2,1H3,(H,27,30). The number of amides is 3. The van der Waals surface area contributed by atoms with Crippen LogP contribution >= 0.6 is 0 Å². The Morgan fingerprint density at radius 3 is 2.27 bits per heavy atom. The van der Waals surface area contributed by atoms with Crippen molar-refractivity contribution in [1.29, 1.82) is 0 Å². The van der Waals surface area contributed by atoms with Gasteiger partial charge in [0.2, 0.25) is 5.91 Å². The normalized spacial score (nSPS) is 12.8. The predicted molar refractivity (Wildman–Crippen MR) is 123 cm³/mol. The number of benzene rings is 3. The smallest absolute Gasteiger partial charge is 0.266 e. The molecule has 162 valence electrons. The van der Waals surface area contributed by atoms with Crippen molar-refractivity contribution in [1.82, 2.24) is 9.55 Å². The fourth-order valence-electron chi connectivity index (χ4n) is 3.96. The first-order chi connectivity index (χ1) is 15.9. The van der Waals surface area contributed by atoms with Crippen molar-refractivity contribution in [3.63, 3.8) is 0 Å². The van der Waals surface area contributed by atoms with Gasteiger partial charge in [-0.15, -0.1) is 0 Å². The first-order valence-corrected chi connectivity index (χ1v) is 10.3. The Morgan fingerprint density at radius 2 is 1.55 bits per heavy atom. The Hall–Kier alpha value is -4.59. The van der Waals surface area contributed by atoms with Crippen molar-refractivity contribution in [2.24, 2.45) is 0 Å². The highest BCUT2D eigenvalue weighted by Gasteiger charge is 2.36. The lowest BCUT2D eigenvalue weighted by Crippen LogP contribution is -2.31. The number of fused-ring (bicyclic) bond motifs is 2. The van der Waals surface area contributed by atoms with E-state index in [4.69, 9.17) is 0 Å². The third kappa shape index (κ3) is 3.47. The monoisotopic (exact) mass is 438 g/mol. The summed E-state index contributed by atoms with van der Waals surface area (Å²) in [5.41, 5.74) is 1.71. The maximum absolute atomic E-state index is 12.8. The van der Waals surface area contributed by atoms with Crippen molar-refractivity contribution in [3.05, 3.63) is 100 Å². The van der Waals surface area contributed by atoms with Crippen molar-refractivity contribution >= 4 is 40.0 Å². The Morgan fingerprint density at radius 1 is 0.879 bits per heavy atom. The molecule has 3 aromatic carbocycles. The summed E-state index contributed by atoms with van der Waals surface area (Å²) >= 11 is 0. The molecule has 8 nitrogen and oxygen atoms in total. The van der Waals surface area contributed by atoms with Crippen LogP contribution in [0.5, 0.6) is 0 Å². The van der Waals surface area contributed by atoms with Crippen LogP contribution in [0, 0.1) is 6.92 Å².